The first-order chi connectivity index (χ1) is 8.99. The molecule has 1 rings (SSSR count). The van der Waals surface area contributed by atoms with E-state index in [9.17, 15) is 22.4 Å². The number of nitrogens with one attached hydrogen (secondary N) is 2. The molecule has 106 valence electrons. The molecule has 0 aliphatic heterocycles. The SMILES string of the molecule is CCCNCCNC(=O)c1c(F)c(F)cc(F)c1F. The Hall–Kier alpha value is -1.63. The number of hydrogen-bond donors (Lipinski definition) is 2. The van der Waals surface area contributed by atoms with Crippen LogP contribution in [0.15, 0.2) is 6.07 Å². The van der Waals surface area contributed by atoms with Crippen LogP contribution in [0.3, 0.4) is 0 Å². The summed E-state index contributed by atoms with van der Waals surface area (Å²) in [7, 11) is 0. The minimum absolute atomic E-state index is 0.0598. The van der Waals surface area contributed by atoms with Crippen LogP contribution in [0.25, 0.3) is 0 Å². The van der Waals surface area contributed by atoms with E-state index in [1.54, 1.807) is 0 Å². The van der Waals surface area contributed by atoms with Gasteiger partial charge in [0, 0.05) is 19.2 Å². The number of halogens is 4. The fraction of sp³-hybridized carbons (Fsp3) is 0.417. The smallest absolute Gasteiger partial charge is 0.257 e. The Kier molecular flexibility index (Phi) is 5.75. The highest BCUT2D eigenvalue weighted by molar-refractivity contribution is 5.94. The maximum Gasteiger partial charge on any atom is 0.257 e. The Balaban J connectivity index is 2.72. The highest BCUT2D eigenvalue weighted by atomic mass is 19.2. The lowest BCUT2D eigenvalue weighted by molar-refractivity contribution is 0.0943. The molecule has 0 atom stereocenters. The van der Waals surface area contributed by atoms with Gasteiger partial charge in [0.15, 0.2) is 23.3 Å². The molecular formula is C12H14F4N2O. The summed E-state index contributed by atoms with van der Waals surface area (Å²) in [6.07, 6.45) is 0.895. The molecule has 0 unspecified atom stereocenters. The molecule has 1 amide bonds. The predicted molar refractivity (Wildman–Crippen MR) is 61.8 cm³/mol. The fourth-order valence-electron chi connectivity index (χ4n) is 1.43. The Morgan fingerprint density at radius 1 is 1.05 bits per heavy atom. The second-order valence-corrected chi connectivity index (χ2v) is 3.85. The minimum Gasteiger partial charge on any atom is -0.351 e. The Bertz CT molecular complexity index is 439. The summed E-state index contributed by atoms with van der Waals surface area (Å²) in [5.41, 5.74) is -1.24. The lowest BCUT2D eigenvalue weighted by Gasteiger charge is -2.08. The lowest BCUT2D eigenvalue weighted by atomic mass is 10.1. The van der Waals surface area contributed by atoms with Crippen molar-refractivity contribution in [3.63, 3.8) is 0 Å². The average Bonchev–Trinajstić information content (AvgIpc) is 2.36. The van der Waals surface area contributed by atoms with Crippen molar-refractivity contribution in [1.82, 2.24) is 10.6 Å². The average molecular weight is 278 g/mol. The van der Waals surface area contributed by atoms with Crippen molar-refractivity contribution < 1.29 is 22.4 Å². The van der Waals surface area contributed by atoms with Crippen LogP contribution < -0.4 is 10.6 Å². The molecule has 0 bridgehead atoms. The molecule has 0 aliphatic rings. The molecule has 0 saturated carbocycles. The minimum atomic E-state index is -1.70. The maximum absolute atomic E-state index is 13.3. The van der Waals surface area contributed by atoms with E-state index in [-0.39, 0.29) is 12.6 Å². The highest BCUT2D eigenvalue weighted by Gasteiger charge is 2.24. The fourth-order valence-corrected chi connectivity index (χ4v) is 1.43. The van der Waals surface area contributed by atoms with Crippen molar-refractivity contribution in [1.29, 1.82) is 0 Å². The van der Waals surface area contributed by atoms with Gasteiger partial charge in [-0.05, 0) is 13.0 Å². The molecule has 2 N–H and O–H groups in total. The molecule has 0 aliphatic carbocycles. The van der Waals surface area contributed by atoms with E-state index in [1.807, 2.05) is 6.92 Å². The van der Waals surface area contributed by atoms with Crippen LogP contribution in [-0.4, -0.2) is 25.5 Å². The first kappa shape index (κ1) is 15.4. The van der Waals surface area contributed by atoms with Crippen molar-refractivity contribution in [2.24, 2.45) is 0 Å². The summed E-state index contributed by atoms with van der Waals surface area (Å²) in [6, 6.07) is 0.0598. The zero-order valence-electron chi connectivity index (χ0n) is 10.3. The molecule has 0 spiro atoms. The number of rotatable bonds is 6. The topological polar surface area (TPSA) is 41.1 Å². The summed E-state index contributed by atoms with van der Waals surface area (Å²) < 4.78 is 52.3. The van der Waals surface area contributed by atoms with Crippen molar-refractivity contribution in [3.8, 4) is 0 Å². The molecule has 7 heteroatoms. The van der Waals surface area contributed by atoms with Crippen molar-refractivity contribution in [3.05, 3.63) is 34.9 Å². The van der Waals surface area contributed by atoms with Crippen LogP contribution in [-0.2, 0) is 0 Å². The van der Waals surface area contributed by atoms with Gasteiger partial charge in [0.2, 0.25) is 0 Å². The van der Waals surface area contributed by atoms with E-state index in [0.717, 1.165) is 13.0 Å². The first-order valence-electron chi connectivity index (χ1n) is 5.81. The Morgan fingerprint density at radius 3 is 2.16 bits per heavy atom. The number of amides is 1. The number of carbonyl (C=O) groups is 1. The normalized spacial score (nSPS) is 10.6. The summed E-state index contributed by atoms with van der Waals surface area (Å²) in [6.45, 7) is 3.16. The molecule has 0 saturated heterocycles. The van der Waals surface area contributed by atoms with Crippen LogP contribution in [0.1, 0.15) is 23.7 Å². The molecule has 1 aromatic carbocycles. The third-order valence-corrected chi connectivity index (χ3v) is 2.35. The molecule has 0 fully saturated rings. The summed E-state index contributed by atoms with van der Waals surface area (Å²) in [5, 5.41) is 5.12. The van der Waals surface area contributed by atoms with Gasteiger partial charge in [-0.25, -0.2) is 17.6 Å². The van der Waals surface area contributed by atoms with E-state index < -0.39 is 34.7 Å². The van der Waals surface area contributed by atoms with Crippen molar-refractivity contribution in [2.45, 2.75) is 13.3 Å². The quantitative estimate of drug-likeness (QED) is 0.474. The van der Waals surface area contributed by atoms with Crippen LogP contribution in [0.2, 0.25) is 0 Å². The van der Waals surface area contributed by atoms with Gasteiger partial charge in [0.1, 0.15) is 5.56 Å². The van der Waals surface area contributed by atoms with E-state index >= 15 is 0 Å². The number of hydrogen-bond acceptors (Lipinski definition) is 2. The third-order valence-electron chi connectivity index (χ3n) is 2.35. The molecule has 3 nitrogen and oxygen atoms in total. The van der Waals surface area contributed by atoms with Gasteiger partial charge in [-0.2, -0.15) is 0 Å². The Labute approximate surface area is 108 Å². The summed E-state index contributed by atoms with van der Waals surface area (Å²) in [4.78, 5) is 11.5. The highest BCUT2D eigenvalue weighted by Crippen LogP contribution is 2.18. The zero-order chi connectivity index (χ0) is 14.4. The second kappa shape index (κ2) is 7.08. The molecule has 0 heterocycles. The van der Waals surface area contributed by atoms with Gasteiger partial charge in [0.05, 0.1) is 0 Å². The summed E-state index contributed by atoms with van der Waals surface area (Å²) >= 11 is 0. The molecule has 19 heavy (non-hydrogen) atoms. The third kappa shape index (κ3) is 3.92. The predicted octanol–water partition coefficient (Wildman–Crippen LogP) is 1.97. The van der Waals surface area contributed by atoms with E-state index in [2.05, 4.69) is 10.6 Å². The molecule has 0 aromatic heterocycles. The van der Waals surface area contributed by atoms with Crippen LogP contribution in [0, 0.1) is 23.3 Å². The van der Waals surface area contributed by atoms with Gasteiger partial charge < -0.3 is 10.6 Å². The van der Waals surface area contributed by atoms with Gasteiger partial charge in [0.25, 0.3) is 5.91 Å². The number of benzene rings is 1. The Morgan fingerprint density at radius 2 is 1.63 bits per heavy atom. The van der Waals surface area contributed by atoms with E-state index in [0.29, 0.717) is 6.54 Å². The van der Waals surface area contributed by atoms with E-state index in [4.69, 9.17) is 0 Å². The van der Waals surface area contributed by atoms with Crippen LogP contribution in [0.5, 0.6) is 0 Å². The maximum atomic E-state index is 13.3. The van der Waals surface area contributed by atoms with Crippen LogP contribution >= 0.6 is 0 Å². The lowest BCUT2D eigenvalue weighted by Crippen LogP contribution is -2.33. The zero-order valence-corrected chi connectivity index (χ0v) is 10.3. The summed E-state index contributed by atoms with van der Waals surface area (Å²) in [5.74, 6) is -7.79. The first-order valence-corrected chi connectivity index (χ1v) is 5.81. The molecule has 1 aromatic rings. The standard InChI is InChI=1S/C12H14F4N2O/c1-2-3-17-4-5-18-12(19)9-10(15)7(13)6-8(14)11(9)16/h6,17H,2-5H2,1H3,(H,18,19). The molecule has 0 radical (unpaired) electrons. The number of carbonyl (C=O) groups excluding carboxylic acids is 1. The van der Waals surface area contributed by atoms with E-state index in [1.165, 1.54) is 0 Å². The monoisotopic (exact) mass is 278 g/mol. The van der Waals surface area contributed by atoms with Crippen molar-refractivity contribution in [2.75, 3.05) is 19.6 Å². The van der Waals surface area contributed by atoms with Gasteiger partial charge in [-0.1, -0.05) is 6.92 Å². The second-order valence-electron chi connectivity index (χ2n) is 3.85. The van der Waals surface area contributed by atoms with Crippen LogP contribution in [0.4, 0.5) is 17.6 Å². The molecular weight excluding hydrogens is 264 g/mol. The van der Waals surface area contributed by atoms with Gasteiger partial charge in [-0.3, -0.25) is 4.79 Å². The van der Waals surface area contributed by atoms with Crippen molar-refractivity contribution >= 4 is 5.91 Å². The van der Waals surface area contributed by atoms with Gasteiger partial charge >= 0.3 is 0 Å². The largest absolute Gasteiger partial charge is 0.351 e. The van der Waals surface area contributed by atoms with Gasteiger partial charge in [-0.15, -0.1) is 0 Å².